The number of carbonyl (C=O) groups excluding carboxylic acids is 1. The van der Waals surface area contributed by atoms with Gasteiger partial charge in [0, 0.05) is 31.7 Å². The highest BCUT2D eigenvalue weighted by atomic mass is 16.2. The topological polar surface area (TPSA) is 71.0 Å². The Morgan fingerprint density at radius 3 is 2.62 bits per heavy atom. The lowest BCUT2D eigenvalue weighted by molar-refractivity contribution is 0.0790. The Kier molecular flexibility index (Phi) is 5.53. The molecule has 0 aliphatic rings. The van der Waals surface area contributed by atoms with Gasteiger partial charge < -0.3 is 10.2 Å². The molecule has 132 valence electrons. The van der Waals surface area contributed by atoms with E-state index >= 15 is 0 Å². The molecule has 3 aromatic rings. The minimum Gasteiger partial charge on any atom is -0.340 e. The number of amides is 1. The van der Waals surface area contributed by atoms with Crippen molar-refractivity contribution in [1.82, 2.24) is 19.9 Å². The molecule has 26 heavy (non-hydrogen) atoms. The largest absolute Gasteiger partial charge is 0.340 e. The molecule has 0 radical (unpaired) electrons. The van der Waals surface area contributed by atoms with Gasteiger partial charge in [0.1, 0.15) is 11.5 Å². The number of rotatable bonds is 6. The van der Waals surface area contributed by atoms with Crippen LogP contribution >= 0.6 is 0 Å². The summed E-state index contributed by atoms with van der Waals surface area (Å²) in [6.07, 6.45) is 7.35. The number of aryl methyl sites for hydroxylation is 1. The minimum atomic E-state index is -0.145. The minimum absolute atomic E-state index is 0.145. The molecule has 1 amide bonds. The SMILES string of the molecule is Cc1cccc(Nc2cnc(C(=O)N(C)CCc3ccncc3)cn2)c1. The number of aromatic nitrogens is 3. The second kappa shape index (κ2) is 8.20. The number of benzene rings is 1. The summed E-state index contributed by atoms with van der Waals surface area (Å²) >= 11 is 0. The van der Waals surface area contributed by atoms with Crippen LogP contribution in [0.5, 0.6) is 0 Å². The first-order valence-corrected chi connectivity index (χ1v) is 8.42. The third-order valence-corrected chi connectivity index (χ3v) is 3.99. The van der Waals surface area contributed by atoms with Gasteiger partial charge >= 0.3 is 0 Å². The Morgan fingerprint density at radius 1 is 1.12 bits per heavy atom. The number of carbonyl (C=O) groups is 1. The van der Waals surface area contributed by atoms with Crippen LogP contribution in [0.25, 0.3) is 0 Å². The predicted molar refractivity (Wildman–Crippen MR) is 101 cm³/mol. The molecule has 6 nitrogen and oxygen atoms in total. The summed E-state index contributed by atoms with van der Waals surface area (Å²) < 4.78 is 0. The number of hydrogen-bond acceptors (Lipinski definition) is 5. The van der Waals surface area contributed by atoms with Crippen molar-refractivity contribution in [3.63, 3.8) is 0 Å². The maximum absolute atomic E-state index is 12.5. The quantitative estimate of drug-likeness (QED) is 0.741. The third-order valence-electron chi connectivity index (χ3n) is 3.99. The molecule has 0 fully saturated rings. The number of nitrogens with one attached hydrogen (secondary N) is 1. The molecule has 3 rings (SSSR count). The van der Waals surface area contributed by atoms with Gasteiger partial charge in [0.25, 0.3) is 5.91 Å². The molecule has 1 N–H and O–H groups in total. The van der Waals surface area contributed by atoms with Gasteiger partial charge in [-0.2, -0.15) is 0 Å². The normalized spacial score (nSPS) is 10.4. The zero-order valence-corrected chi connectivity index (χ0v) is 14.9. The maximum atomic E-state index is 12.5. The zero-order valence-electron chi connectivity index (χ0n) is 14.9. The molecule has 0 saturated heterocycles. The fourth-order valence-corrected chi connectivity index (χ4v) is 2.52. The van der Waals surface area contributed by atoms with Crippen molar-refractivity contribution in [2.24, 2.45) is 0 Å². The van der Waals surface area contributed by atoms with Crippen LogP contribution in [0.2, 0.25) is 0 Å². The smallest absolute Gasteiger partial charge is 0.273 e. The van der Waals surface area contributed by atoms with Crippen LogP contribution in [0.15, 0.2) is 61.2 Å². The van der Waals surface area contributed by atoms with Crippen molar-refractivity contribution in [2.75, 3.05) is 18.9 Å². The van der Waals surface area contributed by atoms with Crippen molar-refractivity contribution < 1.29 is 4.79 Å². The zero-order chi connectivity index (χ0) is 18.4. The molecule has 0 bridgehead atoms. The first-order valence-electron chi connectivity index (χ1n) is 8.42. The van der Waals surface area contributed by atoms with Crippen LogP contribution in [0.1, 0.15) is 21.6 Å². The average Bonchev–Trinajstić information content (AvgIpc) is 2.67. The molecule has 0 atom stereocenters. The van der Waals surface area contributed by atoms with Crippen LogP contribution in [0, 0.1) is 6.92 Å². The van der Waals surface area contributed by atoms with Crippen LogP contribution in [-0.4, -0.2) is 39.4 Å². The van der Waals surface area contributed by atoms with E-state index in [1.54, 1.807) is 30.5 Å². The molecule has 0 spiro atoms. The summed E-state index contributed by atoms with van der Waals surface area (Å²) in [5.74, 6) is 0.459. The van der Waals surface area contributed by atoms with Gasteiger partial charge in [-0.1, -0.05) is 12.1 Å². The fraction of sp³-hybridized carbons (Fsp3) is 0.200. The van der Waals surface area contributed by atoms with Gasteiger partial charge in [-0.25, -0.2) is 9.97 Å². The molecular formula is C20H21N5O. The highest BCUT2D eigenvalue weighted by Gasteiger charge is 2.13. The van der Waals surface area contributed by atoms with E-state index in [1.165, 1.54) is 6.20 Å². The van der Waals surface area contributed by atoms with Gasteiger partial charge in [0.05, 0.1) is 12.4 Å². The molecular weight excluding hydrogens is 326 g/mol. The van der Waals surface area contributed by atoms with Crippen LogP contribution in [0.3, 0.4) is 0 Å². The van der Waals surface area contributed by atoms with E-state index < -0.39 is 0 Å². The van der Waals surface area contributed by atoms with Crippen molar-refractivity contribution in [1.29, 1.82) is 0 Å². The molecule has 6 heteroatoms. The Labute approximate surface area is 153 Å². The number of likely N-dealkylation sites (N-methyl/N-ethyl adjacent to an activating group) is 1. The van der Waals surface area contributed by atoms with Crippen LogP contribution < -0.4 is 5.32 Å². The van der Waals surface area contributed by atoms with Gasteiger partial charge in [0.2, 0.25) is 0 Å². The monoisotopic (exact) mass is 347 g/mol. The standard InChI is InChI=1S/C20H21N5O/c1-15-4-3-5-17(12-15)24-19-14-22-18(13-23-19)20(26)25(2)11-8-16-6-9-21-10-7-16/h3-7,9-10,12-14H,8,11H2,1-2H3,(H,23,24). The summed E-state index contributed by atoms with van der Waals surface area (Å²) in [4.78, 5) is 26.7. The van der Waals surface area contributed by atoms with Crippen molar-refractivity contribution in [3.05, 3.63) is 78.0 Å². The van der Waals surface area contributed by atoms with E-state index in [4.69, 9.17) is 0 Å². The molecule has 0 aliphatic carbocycles. The third kappa shape index (κ3) is 4.63. The van der Waals surface area contributed by atoms with Crippen molar-refractivity contribution in [2.45, 2.75) is 13.3 Å². The number of pyridine rings is 1. The van der Waals surface area contributed by atoms with E-state index in [-0.39, 0.29) is 5.91 Å². The summed E-state index contributed by atoms with van der Waals surface area (Å²) in [5.41, 5.74) is 3.57. The van der Waals surface area contributed by atoms with E-state index in [0.29, 0.717) is 18.1 Å². The van der Waals surface area contributed by atoms with Gasteiger partial charge in [-0.15, -0.1) is 0 Å². The highest BCUT2D eigenvalue weighted by Crippen LogP contribution is 2.15. The number of nitrogens with zero attached hydrogens (tertiary/aromatic N) is 4. The molecule has 2 heterocycles. The van der Waals surface area contributed by atoms with E-state index in [9.17, 15) is 4.79 Å². The summed E-state index contributed by atoms with van der Waals surface area (Å²) in [5, 5.41) is 3.18. The lowest BCUT2D eigenvalue weighted by Gasteiger charge is -2.16. The van der Waals surface area contributed by atoms with Crippen molar-refractivity contribution in [3.8, 4) is 0 Å². The van der Waals surface area contributed by atoms with E-state index in [0.717, 1.165) is 23.2 Å². The van der Waals surface area contributed by atoms with Crippen LogP contribution in [0.4, 0.5) is 11.5 Å². The molecule has 0 saturated carbocycles. The molecule has 1 aromatic carbocycles. The summed E-state index contributed by atoms with van der Waals surface area (Å²) in [6, 6.07) is 11.9. The molecule has 0 unspecified atom stereocenters. The lowest BCUT2D eigenvalue weighted by atomic mass is 10.2. The maximum Gasteiger partial charge on any atom is 0.273 e. The van der Waals surface area contributed by atoms with Gasteiger partial charge in [0.15, 0.2) is 0 Å². The number of hydrogen-bond donors (Lipinski definition) is 1. The van der Waals surface area contributed by atoms with Gasteiger partial charge in [-0.3, -0.25) is 9.78 Å². The first-order chi connectivity index (χ1) is 12.6. The Bertz CT molecular complexity index is 865. The fourth-order valence-electron chi connectivity index (χ4n) is 2.52. The van der Waals surface area contributed by atoms with Crippen LogP contribution in [-0.2, 0) is 6.42 Å². The molecule has 2 aromatic heterocycles. The van der Waals surface area contributed by atoms with E-state index in [2.05, 4.69) is 20.3 Å². The Balaban J connectivity index is 1.59. The first kappa shape index (κ1) is 17.5. The molecule has 0 aliphatic heterocycles. The lowest BCUT2D eigenvalue weighted by Crippen LogP contribution is -2.29. The Morgan fingerprint density at radius 2 is 1.92 bits per heavy atom. The summed E-state index contributed by atoms with van der Waals surface area (Å²) in [6.45, 7) is 2.63. The predicted octanol–water partition coefficient (Wildman–Crippen LogP) is 3.24. The van der Waals surface area contributed by atoms with E-state index in [1.807, 2.05) is 43.3 Å². The second-order valence-corrected chi connectivity index (χ2v) is 6.11. The van der Waals surface area contributed by atoms with Gasteiger partial charge in [-0.05, 0) is 48.7 Å². The van der Waals surface area contributed by atoms with Crippen molar-refractivity contribution >= 4 is 17.4 Å². The second-order valence-electron chi connectivity index (χ2n) is 6.11. The number of anilines is 2. The highest BCUT2D eigenvalue weighted by molar-refractivity contribution is 5.91. The average molecular weight is 347 g/mol. The Hall–Kier alpha value is -3.28. The summed E-state index contributed by atoms with van der Waals surface area (Å²) in [7, 11) is 1.77.